The van der Waals surface area contributed by atoms with Gasteiger partial charge in [0.1, 0.15) is 0 Å². The standard InChI is InChI=1S/C20H35N3/c1-4-7-13-23-14-8-9-19-16-18(10-11-20(19)23)17-21-12-15-22(5-2)6-3/h10-11,16,21H,4-9,12-15,17H2,1-3H3. The molecule has 1 aromatic rings. The van der Waals surface area contributed by atoms with Crippen molar-refractivity contribution in [2.24, 2.45) is 0 Å². The molecule has 0 fully saturated rings. The molecule has 0 radical (unpaired) electrons. The van der Waals surface area contributed by atoms with Gasteiger partial charge in [0.15, 0.2) is 0 Å². The van der Waals surface area contributed by atoms with E-state index in [9.17, 15) is 0 Å². The van der Waals surface area contributed by atoms with Crippen LogP contribution in [0.15, 0.2) is 18.2 Å². The molecule has 2 rings (SSSR count). The number of benzene rings is 1. The van der Waals surface area contributed by atoms with Crippen LogP contribution in [0.25, 0.3) is 0 Å². The van der Waals surface area contributed by atoms with Crippen molar-refractivity contribution in [3.05, 3.63) is 29.3 Å². The van der Waals surface area contributed by atoms with E-state index in [-0.39, 0.29) is 0 Å². The normalized spacial score (nSPS) is 14.3. The molecule has 0 unspecified atom stereocenters. The Balaban J connectivity index is 1.85. The van der Waals surface area contributed by atoms with E-state index in [4.69, 9.17) is 0 Å². The fraction of sp³-hybridized carbons (Fsp3) is 0.700. The van der Waals surface area contributed by atoms with Crippen molar-refractivity contribution in [3.8, 4) is 0 Å². The molecule has 0 bridgehead atoms. The van der Waals surface area contributed by atoms with Crippen molar-refractivity contribution in [2.75, 3.05) is 44.2 Å². The topological polar surface area (TPSA) is 18.5 Å². The highest BCUT2D eigenvalue weighted by Crippen LogP contribution is 2.28. The molecule has 0 saturated carbocycles. The molecular weight excluding hydrogens is 282 g/mol. The number of aryl methyl sites for hydroxylation is 1. The van der Waals surface area contributed by atoms with Crippen molar-refractivity contribution >= 4 is 5.69 Å². The molecule has 3 nitrogen and oxygen atoms in total. The van der Waals surface area contributed by atoms with Crippen LogP contribution in [0.4, 0.5) is 5.69 Å². The molecule has 1 aromatic carbocycles. The molecule has 3 heteroatoms. The van der Waals surface area contributed by atoms with Crippen LogP contribution in [0.1, 0.15) is 51.2 Å². The van der Waals surface area contributed by atoms with Gasteiger partial charge >= 0.3 is 0 Å². The smallest absolute Gasteiger partial charge is 0.0398 e. The van der Waals surface area contributed by atoms with Crippen LogP contribution >= 0.6 is 0 Å². The van der Waals surface area contributed by atoms with Gasteiger partial charge in [-0.1, -0.05) is 39.3 Å². The Labute approximate surface area is 143 Å². The molecule has 1 heterocycles. The van der Waals surface area contributed by atoms with E-state index in [1.165, 1.54) is 50.0 Å². The summed E-state index contributed by atoms with van der Waals surface area (Å²) in [7, 11) is 0. The molecule has 23 heavy (non-hydrogen) atoms. The Hall–Kier alpha value is -1.06. The Kier molecular flexibility index (Phi) is 7.90. The van der Waals surface area contributed by atoms with Crippen molar-refractivity contribution in [1.82, 2.24) is 10.2 Å². The third kappa shape index (κ3) is 5.50. The van der Waals surface area contributed by atoms with E-state index in [0.717, 1.165) is 32.7 Å². The summed E-state index contributed by atoms with van der Waals surface area (Å²) in [5.74, 6) is 0. The van der Waals surface area contributed by atoms with Gasteiger partial charge in [0, 0.05) is 38.4 Å². The van der Waals surface area contributed by atoms with E-state index >= 15 is 0 Å². The van der Waals surface area contributed by atoms with E-state index in [1.807, 2.05) is 0 Å². The first-order valence-electron chi connectivity index (χ1n) is 9.58. The number of hydrogen-bond acceptors (Lipinski definition) is 3. The summed E-state index contributed by atoms with van der Waals surface area (Å²) in [4.78, 5) is 5.05. The summed E-state index contributed by atoms with van der Waals surface area (Å²) in [6.45, 7) is 14.7. The second kappa shape index (κ2) is 9.94. The largest absolute Gasteiger partial charge is 0.371 e. The molecule has 1 N–H and O–H groups in total. The predicted octanol–water partition coefficient (Wildman–Crippen LogP) is 3.67. The lowest BCUT2D eigenvalue weighted by atomic mass is 9.99. The second-order valence-corrected chi connectivity index (χ2v) is 6.61. The molecule has 0 spiro atoms. The van der Waals surface area contributed by atoms with Gasteiger partial charge in [-0.15, -0.1) is 0 Å². The first-order valence-corrected chi connectivity index (χ1v) is 9.58. The molecular formula is C20H35N3. The van der Waals surface area contributed by atoms with Crippen molar-refractivity contribution in [1.29, 1.82) is 0 Å². The minimum absolute atomic E-state index is 0.990. The zero-order valence-electron chi connectivity index (χ0n) is 15.4. The predicted molar refractivity (Wildman–Crippen MR) is 101 cm³/mol. The summed E-state index contributed by atoms with van der Waals surface area (Å²) in [5, 5.41) is 3.60. The third-order valence-corrected chi connectivity index (χ3v) is 4.97. The first kappa shape index (κ1) is 18.3. The molecule has 1 aliphatic heterocycles. The molecule has 1 aliphatic rings. The zero-order chi connectivity index (χ0) is 16.5. The van der Waals surface area contributed by atoms with E-state index in [0.29, 0.717) is 0 Å². The Morgan fingerprint density at radius 1 is 1.17 bits per heavy atom. The zero-order valence-corrected chi connectivity index (χ0v) is 15.4. The highest BCUT2D eigenvalue weighted by Gasteiger charge is 2.16. The summed E-state index contributed by atoms with van der Waals surface area (Å²) >= 11 is 0. The van der Waals surface area contributed by atoms with Crippen LogP contribution in [-0.2, 0) is 13.0 Å². The fourth-order valence-electron chi connectivity index (χ4n) is 3.43. The summed E-state index contributed by atoms with van der Waals surface area (Å²) < 4.78 is 0. The van der Waals surface area contributed by atoms with Crippen LogP contribution in [0.5, 0.6) is 0 Å². The minimum Gasteiger partial charge on any atom is -0.371 e. The highest BCUT2D eigenvalue weighted by atomic mass is 15.1. The first-order chi connectivity index (χ1) is 11.3. The SMILES string of the molecule is CCCCN1CCCc2cc(CNCCN(CC)CC)ccc21. The minimum atomic E-state index is 0.990. The fourth-order valence-corrected chi connectivity index (χ4v) is 3.43. The third-order valence-electron chi connectivity index (χ3n) is 4.97. The van der Waals surface area contributed by atoms with Crippen molar-refractivity contribution in [3.63, 3.8) is 0 Å². The van der Waals surface area contributed by atoms with E-state index in [2.05, 4.69) is 54.1 Å². The van der Waals surface area contributed by atoms with Gasteiger partial charge in [-0.05, 0) is 49.5 Å². The number of fused-ring (bicyclic) bond motifs is 1. The van der Waals surface area contributed by atoms with Crippen molar-refractivity contribution < 1.29 is 0 Å². The molecule has 0 amide bonds. The monoisotopic (exact) mass is 317 g/mol. The van der Waals surface area contributed by atoms with Crippen molar-refractivity contribution in [2.45, 2.75) is 53.0 Å². The van der Waals surface area contributed by atoms with Gasteiger partial charge in [-0.25, -0.2) is 0 Å². The number of nitrogens with zero attached hydrogens (tertiary/aromatic N) is 2. The average molecular weight is 318 g/mol. The molecule has 0 aliphatic carbocycles. The summed E-state index contributed by atoms with van der Waals surface area (Å²) in [6.07, 6.45) is 5.12. The molecule has 0 saturated heterocycles. The van der Waals surface area contributed by atoms with Gasteiger partial charge in [0.25, 0.3) is 0 Å². The number of unbranched alkanes of at least 4 members (excludes halogenated alkanes) is 1. The summed E-state index contributed by atoms with van der Waals surface area (Å²) in [5.41, 5.74) is 4.47. The molecule has 0 atom stereocenters. The maximum atomic E-state index is 3.60. The maximum Gasteiger partial charge on any atom is 0.0398 e. The lowest BCUT2D eigenvalue weighted by Gasteiger charge is -2.31. The Bertz CT molecular complexity index is 454. The van der Waals surface area contributed by atoms with Crippen LogP contribution in [0.3, 0.4) is 0 Å². The Morgan fingerprint density at radius 2 is 2.00 bits per heavy atom. The molecule has 0 aromatic heterocycles. The van der Waals surface area contributed by atoms with E-state index < -0.39 is 0 Å². The maximum absolute atomic E-state index is 3.60. The van der Waals surface area contributed by atoms with Gasteiger partial charge in [0.2, 0.25) is 0 Å². The molecule has 130 valence electrons. The quantitative estimate of drug-likeness (QED) is 0.664. The van der Waals surface area contributed by atoms with E-state index in [1.54, 1.807) is 5.56 Å². The second-order valence-electron chi connectivity index (χ2n) is 6.61. The van der Waals surface area contributed by atoms with Crippen LogP contribution in [0.2, 0.25) is 0 Å². The number of nitrogens with one attached hydrogen (secondary N) is 1. The van der Waals surface area contributed by atoms with Gasteiger partial charge < -0.3 is 15.1 Å². The van der Waals surface area contributed by atoms with Crippen LogP contribution in [-0.4, -0.2) is 44.2 Å². The van der Waals surface area contributed by atoms with Gasteiger partial charge in [-0.2, -0.15) is 0 Å². The average Bonchev–Trinajstić information content (AvgIpc) is 2.59. The number of rotatable bonds is 10. The summed E-state index contributed by atoms with van der Waals surface area (Å²) in [6, 6.07) is 7.09. The Morgan fingerprint density at radius 3 is 2.74 bits per heavy atom. The van der Waals surface area contributed by atoms with Gasteiger partial charge in [-0.3, -0.25) is 0 Å². The number of hydrogen-bond donors (Lipinski definition) is 1. The highest BCUT2D eigenvalue weighted by molar-refractivity contribution is 5.56. The number of anilines is 1. The van der Waals surface area contributed by atoms with Gasteiger partial charge in [0.05, 0.1) is 0 Å². The lowest BCUT2D eigenvalue weighted by Crippen LogP contribution is -2.32. The lowest BCUT2D eigenvalue weighted by molar-refractivity contribution is 0.302. The van der Waals surface area contributed by atoms with Crippen LogP contribution in [0, 0.1) is 0 Å². The van der Waals surface area contributed by atoms with Crippen LogP contribution < -0.4 is 10.2 Å². The number of likely N-dealkylation sites (N-methyl/N-ethyl adjacent to an activating group) is 1.